The molecule has 83 heavy (non-hydrogen) atoms. The van der Waals surface area contributed by atoms with Gasteiger partial charge in [-0.2, -0.15) is 0 Å². The number of esters is 2. The Hall–Kier alpha value is -5.87. The maximum atomic E-state index is 12.9. The quantitative estimate of drug-likeness (QED) is 0.0211. The molecule has 9 heteroatoms. The van der Waals surface area contributed by atoms with Crippen molar-refractivity contribution in [3.8, 4) is 0 Å². The Morgan fingerprint density at radius 3 is 0.952 bits per heavy atom. The van der Waals surface area contributed by atoms with E-state index in [4.69, 9.17) is 18.9 Å². The van der Waals surface area contributed by atoms with Crippen molar-refractivity contribution >= 4 is 17.9 Å². The second kappa shape index (κ2) is 62.2. The number of quaternary nitrogens is 1. The molecule has 0 aromatic carbocycles. The minimum absolute atomic E-state index is 0.167. The van der Waals surface area contributed by atoms with Gasteiger partial charge in [-0.15, -0.1) is 0 Å². The molecule has 0 spiro atoms. The average molecular weight is 1150 g/mol. The Kier molecular flexibility index (Phi) is 57.8. The largest absolute Gasteiger partial charge is 0.477 e. The SMILES string of the molecule is CC/C=C\C/C=C\C/C=C\C/C=C\C/C=C\C/C=C\C/C=C\C/C=C\C/C=C\C/C=C\C/C=C\C/C=C\CCCCCCC(=O)OC(COC(=O)CCCCCC/C=C\C/C=C\C/C=C\C/C=C\CC)COC(OCC[N+](C)(C)C)C(=O)O. The molecule has 9 nitrogen and oxygen atoms in total. The van der Waals surface area contributed by atoms with E-state index in [-0.39, 0.29) is 38.6 Å². The normalized spacial score (nSPS) is 14.1. The standard InChI is InChI=1S/C74H113NO8/c1-6-8-10-12-14-16-18-20-22-24-25-26-27-28-29-30-31-32-33-34-35-36-37-38-39-40-41-42-43-44-45-46-47-49-51-53-55-57-59-61-63-65-72(77)83-70(69-82-74(73(78)79)80-67-66-75(3,4)5)68-81-71(76)64-62-60-58-56-54-52-50-48-23-21-19-17-15-13-11-9-7-2/h8-11,14-17,20-23,25-26,28-29,31-32,34-35,37-38,40-41,43-44,46-47,50-53,70,74H,6-7,12-13,18-19,24,27,30,33,36,39,42,45,48-49,54-69H2,1-5H3/p+1/b10-8-,11-9-,16-14-,17-15-,22-20-,23-21-,26-25-,29-28-,32-31-,35-34-,38-37-,41-40-,44-43-,47-46-,52-50-,53-51-. The molecule has 0 saturated heterocycles. The van der Waals surface area contributed by atoms with Crippen molar-refractivity contribution in [1.29, 1.82) is 0 Å². The fourth-order valence-electron chi connectivity index (χ4n) is 7.57. The maximum Gasteiger partial charge on any atom is 0.361 e. The van der Waals surface area contributed by atoms with E-state index in [2.05, 4.69) is 208 Å². The molecule has 1 N–H and O–H groups in total. The fraction of sp³-hybridized carbons (Fsp3) is 0.527. The van der Waals surface area contributed by atoms with Crippen LogP contribution in [-0.4, -0.2) is 87.4 Å². The Balaban J connectivity index is 4.29. The number of hydrogen-bond acceptors (Lipinski definition) is 7. The van der Waals surface area contributed by atoms with E-state index in [1.807, 2.05) is 21.1 Å². The lowest BCUT2D eigenvalue weighted by molar-refractivity contribution is -0.870. The summed E-state index contributed by atoms with van der Waals surface area (Å²) in [7, 11) is 5.93. The highest BCUT2D eigenvalue weighted by molar-refractivity contribution is 5.71. The summed E-state index contributed by atoms with van der Waals surface area (Å²) in [5, 5.41) is 9.71. The molecular formula is C74H114NO8+. The Bertz CT molecular complexity index is 2060. The lowest BCUT2D eigenvalue weighted by atomic mass is 10.1. The molecule has 0 aliphatic heterocycles. The van der Waals surface area contributed by atoms with E-state index in [1.54, 1.807) is 0 Å². The smallest absolute Gasteiger partial charge is 0.361 e. The van der Waals surface area contributed by atoms with Crippen LogP contribution in [0.4, 0.5) is 0 Å². The van der Waals surface area contributed by atoms with Gasteiger partial charge < -0.3 is 28.5 Å². The first-order valence-electron chi connectivity index (χ1n) is 31.6. The average Bonchev–Trinajstić information content (AvgIpc) is 3.46. The summed E-state index contributed by atoms with van der Waals surface area (Å²) in [6.07, 6.45) is 93.8. The Morgan fingerprint density at radius 1 is 0.361 bits per heavy atom. The second-order valence-electron chi connectivity index (χ2n) is 21.2. The van der Waals surface area contributed by atoms with E-state index >= 15 is 0 Å². The minimum Gasteiger partial charge on any atom is -0.477 e. The predicted molar refractivity (Wildman–Crippen MR) is 354 cm³/mol. The van der Waals surface area contributed by atoms with Crippen molar-refractivity contribution in [2.75, 3.05) is 47.5 Å². The Labute approximate surface area is 506 Å². The van der Waals surface area contributed by atoms with Gasteiger partial charge in [-0.1, -0.05) is 234 Å². The van der Waals surface area contributed by atoms with E-state index in [0.29, 0.717) is 23.9 Å². The van der Waals surface area contributed by atoms with Crippen LogP contribution in [0.15, 0.2) is 194 Å². The number of hydrogen-bond donors (Lipinski definition) is 1. The molecular weight excluding hydrogens is 1030 g/mol. The molecule has 2 unspecified atom stereocenters. The van der Waals surface area contributed by atoms with Gasteiger partial charge in [0.25, 0.3) is 6.29 Å². The molecule has 0 heterocycles. The molecule has 0 aromatic heterocycles. The number of allylic oxidation sites excluding steroid dienone is 32. The molecule has 0 bridgehead atoms. The van der Waals surface area contributed by atoms with Gasteiger partial charge in [0.2, 0.25) is 0 Å². The third-order valence-corrected chi connectivity index (χ3v) is 12.3. The number of aliphatic carboxylic acids is 1. The summed E-state index contributed by atoms with van der Waals surface area (Å²) in [4.78, 5) is 37.4. The minimum atomic E-state index is -1.54. The highest BCUT2D eigenvalue weighted by atomic mass is 16.7. The van der Waals surface area contributed by atoms with Gasteiger partial charge >= 0.3 is 17.9 Å². The molecule has 0 aliphatic carbocycles. The summed E-state index contributed by atoms with van der Waals surface area (Å²) in [6.45, 7) is 4.55. The van der Waals surface area contributed by atoms with Gasteiger partial charge in [0.05, 0.1) is 34.4 Å². The first-order valence-corrected chi connectivity index (χ1v) is 31.6. The fourth-order valence-corrected chi connectivity index (χ4v) is 7.57. The summed E-state index contributed by atoms with van der Waals surface area (Å²) in [5.41, 5.74) is 0. The number of rotatable bonds is 55. The van der Waals surface area contributed by atoms with Crippen molar-refractivity contribution in [1.82, 2.24) is 0 Å². The van der Waals surface area contributed by atoms with Crippen LogP contribution in [0.2, 0.25) is 0 Å². The molecule has 0 radical (unpaired) electrons. The first kappa shape index (κ1) is 77.1. The highest BCUT2D eigenvalue weighted by Crippen LogP contribution is 2.12. The third-order valence-electron chi connectivity index (χ3n) is 12.3. The van der Waals surface area contributed by atoms with E-state index < -0.39 is 24.3 Å². The molecule has 462 valence electrons. The number of unbranched alkanes of at least 4 members (excludes halogenated alkanes) is 8. The maximum absolute atomic E-state index is 12.9. The molecule has 0 saturated carbocycles. The van der Waals surface area contributed by atoms with Crippen LogP contribution >= 0.6 is 0 Å². The summed E-state index contributed by atoms with van der Waals surface area (Å²) < 4.78 is 22.8. The zero-order valence-corrected chi connectivity index (χ0v) is 52.5. The monoisotopic (exact) mass is 1140 g/mol. The van der Waals surface area contributed by atoms with Crippen LogP contribution < -0.4 is 0 Å². The van der Waals surface area contributed by atoms with Gasteiger partial charge in [-0.3, -0.25) is 9.59 Å². The zero-order valence-electron chi connectivity index (χ0n) is 52.5. The lowest BCUT2D eigenvalue weighted by Crippen LogP contribution is -2.40. The van der Waals surface area contributed by atoms with Crippen molar-refractivity contribution in [2.24, 2.45) is 0 Å². The number of carbonyl (C=O) groups is 3. The lowest BCUT2D eigenvalue weighted by Gasteiger charge is -2.25. The number of nitrogens with zero attached hydrogens (tertiary/aromatic N) is 1. The number of carboxylic acid groups (broad SMARTS) is 1. The highest BCUT2D eigenvalue weighted by Gasteiger charge is 2.25. The van der Waals surface area contributed by atoms with Gasteiger partial charge in [0, 0.05) is 12.8 Å². The molecule has 0 fully saturated rings. The van der Waals surface area contributed by atoms with Crippen LogP contribution in [0.25, 0.3) is 0 Å². The summed E-state index contributed by atoms with van der Waals surface area (Å²) in [6, 6.07) is 0. The van der Waals surface area contributed by atoms with Crippen molar-refractivity contribution in [3.05, 3.63) is 194 Å². The molecule has 0 aliphatic rings. The Morgan fingerprint density at radius 2 is 0.651 bits per heavy atom. The number of ether oxygens (including phenoxy) is 4. The zero-order chi connectivity index (χ0) is 60.5. The molecule has 0 amide bonds. The van der Waals surface area contributed by atoms with Crippen LogP contribution in [0.5, 0.6) is 0 Å². The van der Waals surface area contributed by atoms with Crippen molar-refractivity contribution in [2.45, 2.75) is 206 Å². The van der Waals surface area contributed by atoms with E-state index in [1.165, 1.54) is 0 Å². The van der Waals surface area contributed by atoms with Crippen molar-refractivity contribution < 1.29 is 42.9 Å². The number of carboxylic acids is 1. The number of carbonyl (C=O) groups excluding carboxylic acids is 2. The van der Waals surface area contributed by atoms with Crippen LogP contribution in [-0.2, 0) is 33.3 Å². The van der Waals surface area contributed by atoms with Crippen LogP contribution in [0, 0.1) is 0 Å². The van der Waals surface area contributed by atoms with Gasteiger partial charge in [-0.25, -0.2) is 4.79 Å². The first-order chi connectivity index (χ1) is 40.6. The van der Waals surface area contributed by atoms with Crippen molar-refractivity contribution in [3.63, 3.8) is 0 Å². The van der Waals surface area contributed by atoms with Gasteiger partial charge in [-0.05, 0) is 141 Å². The van der Waals surface area contributed by atoms with E-state index in [0.717, 1.165) is 154 Å². The molecule has 0 rings (SSSR count). The van der Waals surface area contributed by atoms with E-state index in [9.17, 15) is 19.5 Å². The predicted octanol–water partition coefficient (Wildman–Crippen LogP) is 19.5. The molecule has 0 aromatic rings. The van der Waals surface area contributed by atoms with Gasteiger partial charge in [0.15, 0.2) is 6.10 Å². The topological polar surface area (TPSA) is 108 Å². The summed E-state index contributed by atoms with van der Waals surface area (Å²) >= 11 is 0. The van der Waals surface area contributed by atoms with Gasteiger partial charge in [0.1, 0.15) is 13.2 Å². The number of likely N-dealkylation sites (N-methyl/N-ethyl adjacent to an activating group) is 1. The van der Waals surface area contributed by atoms with Crippen LogP contribution in [0.3, 0.4) is 0 Å². The molecule has 2 atom stereocenters. The summed E-state index contributed by atoms with van der Waals surface area (Å²) in [5.74, 6) is -2.10. The second-order valence-corrected chi connectivity index (χ2v) is 21.2. The third kappa shape index (κ3) is 63.6. The van der Waals surface area contributed by atoms with Crippen LogP contribution in [0.1, 0.15) is 194 Å².